The van der Waals surface area contributed by atoms with E-state index < -0.39 is 5.41 Å². The summed E-state index contributed by atoms with van der Waals surface area (Å²) in [4.78, 5) is 4.97. The van der Waals surface area contributed by atoms with Crippen molar-refractivity contribution in [1.82, 2.24) is 14.1 Å². The van der Waals surface area contributed by atoms with Gasteiger partial charge in [-0.15, -0.1) is 29.7 Å². The predicted octanol–water partition coefficient (Wildman–Crippen LogP) is 15.4. The maximum atomic E-state index is 6.79. The first-order valence-corrected chi connectivity index (χ1v) is 24.0. The van der Waals surface area contributed by atoms with Gasteiger partial charge in [0.1, 0.15) is 5.82 Å². The number of imidazole rings is 1. The molecule has 0 fully saturated rings. The number of pyridine rings is 1. The van der Waals surface area contributed by atoms with Gasteiger partial charge in [0.15, 0.2) is 0 Å². The number of nitrogens with zero attached hydrogens (tertiary/aromatic N) is 4. The summed E-state index contributed by atoms with van der Waals surface area (Å²) in [5.41, 5.74) is 12.6. The third-order valence-corrected chi connectivity index (χ3v) is 13.9. The first kappa shape index (κ1) is 48.2. The zero-order chi connectivity index (χ0) is 48.3. The molecule has 0 saturated heterocycles. The van der Waals surface area contributed by atoms with Gasteiger partial charge in [0.25, 0.3) is 6.33 Å². The number of benzene rings is 7. The summed E-state index contributed by atoms with van der Waals surface area (Å²) < 4.78 is 13.3. The fourth-order valence-corrected chi connectivity index (χ4v) is 9.49. The molecule has 0 N–H and O–H groups in total. The molecule has 0 aliphatic carbocycles. The average Bonchev–Trinajstić information content (AvgIpc) is 3.95. The van der Waals surface area contributed by atoms with Crippen LogP contribution < -0.4 is 9.30 Å². The van der Waals surface area contributed by atoms with Crippen molar-refractivity contribution in [3.05, 3.63) is 234 Å². The molecule has 0 unspecified atom stereocenters. The van der Waals surface area contributed by atoms with E-state index in [1.54, 1.807) is 0 Å². The zero-order valence-corrected chi connectivity index (χ0v) is 44.1. The van der Waals surface area contributed by atoms with Crippen molar-refractivity contribution in [2.24, 2.45) is 0 Å². The van der Waals surface area contributed by atoms with Crippen LogP contribution in [0.1, 0.15) is 103 Å². The molecule has 0 bridgehead atoms. The van der Waals surface area contributed by atoms with Crippen LogP contribution in [-0.2, 0) is 42.7 Å². The SMILES string of the molecule is CC(C)(C)c1cc(-c2ccccc2)cc(-[n+]2[c-]n(-c3[c-]c(Oc4[c-]c5c(cc4)c4cc(C(C)(C)c6ccccc6)ccc4n5-c4cc(C(C)(C)C)ccn4)ccc3)c(C(C)(C)c3ccccc3)c2)c1.[Pt]. The molecule has 6 heteroatoms. The molecule has 354 valence electrons. The van der Waals surface area contributed by atoms with Gasteiger partial charge in [-0.2, -0.15) is 18.2 Å². The Hall–Kier alpha value is -6.81. The van der Waals surface area contributed by atoms with Crippen molar-refractivity contribution in [2.45, 2.75) is 90.9 Å². The summed E-state index contributed by atoms with van der Waals surface area (Å²) in [5, 5.41) is 2.22. The van der Waals surface area contributed by atoms with Gasteiger partial charge in [-0.3, -0.25) is 4.57 Å². The first-order chi connectivity index (χ1) is 32.9. The van der Waals surface area contributed by atoms with Crippen LogP contribution in [0.2, 0.25) is 0 Å². The number of ether oxygens (including phenoxy) is 1. The molecule has 0 aliphatic rings. The van der Waals surface area contributed by atoms with E-state index in [2.05, 4.69) is 259 Å². The molecular weight excluding hydrogens is 1040 g/mol. The minimum atomic E-state index is -0.404. The molecule has 0 aliphatic heterocycles. The average molecular weight is 1100 g/mol. The van der Waals surface area contributed by atoms with Crippen LogP contribution >= 0.6 is 0 Å². The predicted molar refractivity (Wildman–Crippen MR) is 282 cm³/mol. The van der Waals surface area contributed by atoms with Crippen LogP contribution in [0.4, 0.5) is 0 Å². The van der Waals surface area contributed by atoms with Crippen LogP contribution in [-0.4, -0.2) is 14.1 Å². The van der Waals surface area contributed by atoms with E-state index in [1.165, 1.54) is 38.9 Å². The Kier molecular flexibility index (Phi) is 12.7. The van der Waals surface area contributed by atoms with Crippen LogP contribution in [0, 0.1) is 18.5 Å². The number of rotatable bonds is 10. The van der Waals surface area contributed by atoms with Gasteiger partial charge < -0.3 is 13.9 Å². The molecule has 0 atom stereocenters. The van der Waals surface area contributed by atoms with Gasteiger partial charge in [-0.25, -0.2) is 4.98 Å². The van der Waals surface area contributed by atoms with Crippen molar-refractivity contribution in [2.75, 3.05) is 0 Å². The minimum absolute atomic E-state index is 0. The largest absolute Gasteiger partial charge is 0.510 e. The third-order valence-electron chi connectivity index (χ3n) is 13.9. The van der Waals surface area contributed by atoms with Gasteiger partial charge in [-0.1, -0.05) is 184 Å². The molecular formula is C64H60N4OPt-2. The standard InChI is InChI=1S/C64H60N4O.Pt/c1-61(2,3)48-33-34-65-60(39-48)68-57-32-29-49(63(7,8)46-23-16-12-17-24-46)38-56(57)55-31-30-54(41-58(55)68)69-53-28-20-27-51(40-53)67-43-66(42-59(67)64(9,10)47-25-18-13-19-26-47)52-36-45(44-21-14-11-15-22-44)35-50(37-52)62(4,5)6;/h11-39,42H,1-10H3;/q-2;. The normalized spacial score (nSPS) is 12.3. The second kappa shape index (κ2) is 18.5. The van der Waals surface area contributed by atoms with Crippen molar-refractivity contribution < 1.29 is 30.4 Å². The second-order valence-corrected chi connectivity index (χ2v) is 21.5. The molecule has 0 amide bonds. The van der Waals surface area contributed by atoms with Gasteiger partial charge in [0.05, 0.1) is 11.4 Å². The third kappa shape index (κ3) is 9.20. The summed E-state index contributed by atoms with van der Waals surface area (Å²) >= 11 is 0. The van der Waals surface area contributed by atoms with E-state index >= 15 is 0 Å². The van der Waals surface area contributed by atoms with Crippen LogP contribution in [0.5, 0.6) is 11.5 Å². The Labute approximate surface area is 428 Å². The van der Waals surface area contributed by atoms with Gasteiger partial charge in [0, 0.05) is 61.3 Å². The molecule has 0 radical (unpaired) electrons. The van der Waals surface area contributed by atoms with Crippen molar-refractivity contribution in [3.8, 4) is 39.8 Å². The summed E-state index contributed by atoms with van der Waals surface area (Å²) in [6.07, 6.45) is 7.91. The van der Waals surface area contributed by atoms with E-state index in [0.29, 0.717) is 11.5 Å². The minimum Gasteiger partial charge on any atom is -0.510 e. The second-order valence-electron chi connectivity index (χ2n) is 21.5. The van der Waals surface area contributed by atoms with Crippen molar-refractivity contribution >= 4 is 21.8 Å². The van der Waals surface area contributed by atoms with Gasteiger partial charge >= 0.3 is 0 Å². The zero-order valence-electron chi connectivity index (χ0n) is 41.8. The number of hydrogen-bond donors (Lipinski definition) is 0. The maximum Gasteiger partial charge on any atom is 0.267 e. The first-order valence-electron chi connectivity index (χ1n) is 24.0. The Morgan fingerprint density at radius 2 is 1.14 bits per heavy atom. The van der Waals surface area contributed by atoms with Crippen molar-refractivity contribution in [3.63, 3.8) is 0 Å². The molecule has 70 heavy (non-hydrogen) atoms. The Bertz CT molecular complexity index is 3480. The topological polar surface area (TPSA) is 35.9 Å². The fraction of sp³-hybridized carbons (Fsp3) is 0.219. The van der Waals surface area contributed by atoms with Gasteiger partial charge in [-0.05, 0) is 91.2 Å². The summed E-state index contributed by atoms with van der Waals surface area (Å²) in [7, 11) is 0. The van der Waals surface area contributed by atoms with Gasteiger partial charge in [0.2, 0.25) is 0 Å². The molecule has 0 spiro atoms. The van der Waals surface area contributed by atoms with E-state index in [1.807, 2.05) is 24.4 Å². The molecule has 7 aromatic carbocycles. The van der Waals surface area contributed by atoms with E-state index in [9.17, 15) is 0 Å². The molecule has 3 aromatic heterocycles. The Morgan fingerprint density at radius 1 is 0.500 bits per heavy atom. The smallest absolute Gasteiger partial charge is 0.267 e. The van der Waals surface area contributed by atoms with E-state index in [-0.39, 0.29) is 37.3 Å². The van der Waals surface area contributed by atoms with E-state index in [0.717, 1.165) is 44.7 Å². The van der Waals surface area contributed by atoms with Crippen LogP contribution in [0.15, 0.2) is 182 Å². The fourth-order valence-electron chi connectivity index (χ4n) is 9.49. The maximum absolute atomic E-state index is 6.79. The molecule has 10 aromatic rings. The monoisotopic (exact) mass is 1100 g/mol. The van der Waals surface area contributed by atoms with Crippen LogP contribution in [0.25, 0.3) is 50.1 Å². The molecule has 0 saturated carbocycles. The molecule has 5 nitrogen and oxygen atoms in total. The summed E-state index contributed by atoms with van der Waals surface area (Å²) in [6.45, 7) is 22.7. The Morgan fingerprint density at radius 3 is 1.81 bits per heavy atom. The van der Waals surface area contributed by atoms with Crippen LogP contribution in [0.3, 0.4) is 0 Å². The number of aromatic nitrogens is 4. The van der Waals surface area contributed by atoms with Crippen molar-refractivity contribution in [1.29, 1.82) is 0 Å². The number of hydrogen-bond acceptors (Lipinski definition) is 2. The summed E-state index contributed by atoms with van der Waals surface area (Å²) in [6, 6.07) is 67.7. The Balaban J connectivity index is 0.00000608. The van der Waals surface area contributed by atoms with E-state index in [4.69, 9.17) is 9.72 Å². The number of fused-ring (bicyclic) bond motifs is 3. The molecule has 10 rings (SSSR count). The molecule has 3 heterocycles. The quantitative estimate of drug-likeness (QED) is 0.101. The summed E-state index contributed by atoms with van der Waals surface area (Å²) in [5.74, 6) is 2.00.